The highest BCUT2D eigenvalue weighted by atomic mass is 35.5. The minimum Gasteiger partial charge on any atom is -0.465 e. The van der Waals surface area contributed by atoms with Crippen LogP contribution in [0.15, 0.2) is 42.5 Å². The summed E-state index contributed by atoms with van der Waals surface area (Å²) in [5.74, 6) is -0.503. The maximum Gasteiger partial charge on any atom is 0.337 e. The van der Waals surface area contributed by atoms with Crippen LogP contribution < -0.4 is 4.31 Å². The smallest absolute Gasteiger partial charge is 0.337 e. The van der Waals surface area contributed by atoms with Gasteiger partial charge in [-0.25, -0.2) is 4.79 Å². The second kappa shape index (κ2) is 8.26. The maximum absolute atomic E-state index is 12.8. The average molecular weight is 417 g/mol. The SMILES string of the molecule is COC(=O)c1ccc(N(Cc2cccc(Cl)c2Cl)S(=O)(=O)N(C)C)cc1. The summed E-state index contributed by atoms with van der Waals surface area (Å²) < 4.78 is 32.5. The minimum absolute atomic E-state index is 0.0164. The third-order valence-corrected chi connectivity index (χ3v) is 6.34. The van der Waals surface area contributed by atoms with Gasteiger partial charge in [0.2, 0.25) is 0 Å². The summed E-state index contributed by atoms with van der Waals surface area (Å²) in [5, 5.41) is 0.631. The summed E-state index contributed by atoms with van der Waals surface area (Å²) in [4.78, 5) is 11.6. The molecule has 0 unspecified atom stereocenters. The van der Waals surface area contributed by atoms with Gasteiger partial charge in [0.15, 0.2) is 0 Å². The molecule has 0 heterocycles. The Balaban J connectivity index is 2.48. The van der Waals surface area contributed by atoms with Crippen molar-refractivity contribution in [1.82, 2.24) is 4.31 Å². The molecule has 0 aliphatic carbocycles. The molecule has 0 radical (unpaired) electrons. The van der Waals surface area contributed by atoms with Gasteiger partial charge in [-0.05, 0) is 35.9 Å². The van der Waals surface area contributed by atoms with Crippen molar-refractivity contribution in [2.24, 2.45) is 0 Å². The molecule has 0 aliphatic heterocycles. The topological polar surface area (TPSA) is 66.9 Å². The Hall–Kier alpha value is -1.80. The van der Waals surface area contributed by atoms with Crippen LogP contribution in [0.25, 0.3) is 0 Å². The molecule has 2 rings (SSSR count). The van der Waals surface area contributed by atoms with Crippen LogP contribution >= 0.6 is 23.2 Å². The van der Waals surface area contributed by atoms with Gasteiger partial charge in [0.25, 0.3) is 0 Å². The Labute approximate surface area is 163 Å². The third-order valence-electron chi connectivity index (χ3n) is 3.66. The Bertz CT molecular complexity index is 899. The van der Waals surface area contributed by atoms with E-state index in [0.717, 1.165) is 4.31 Å². The Kier molecular flexibility index (Phi) is 6.52. The molecule has 9 heteroatoms. The molecule has 2 aromatic rings. The van der Waals surface area contributed by atoms with Crippen LogP contribution in [-0.4, -0.2) is 39.9 Å². The molecule has 0 fully saturated rings. The van der Waals surface area contributed by atoms with Gasteiger partial charge >= 0.3 is 16.2 Å². The van der Waals surface area contributed by atoms with Crippen molar-refractivity contribution < 1.29 is 17.9 Å². The van der Waals surface area contributed by atoms with E-state index in [1.807, 2.05) is 0 Å². The molecule has 0 saturated carbocycles. The highest BCUT2D eigenvalue weighted by Crippen LogP contribution is 2.30. The maximum atomic E-state index is 12.8. The Morgan fingerprint density at radius 3 is 2.23 bits per heavy atom. The molecule has 2 aromatic carbocycles. The minimum atomic E-state index is -3.81. The highest BCUT2D eigenvalue weighted by molar-refractivity contribution is 7.90. The van der Waals surface area contributed by atoms with Crippen LogP contribution in [0.2, 0.25) is 10.0 Å². The van der Waals surface area contributed by atoms with E-state index in [2.05, 4.69) is 4.74 Å². The number of anilines is 1. The molecule has 0 amide bonds. The first-order chi connectivity index (χ1) is 12.2. The fourth-order valence-corrected chi connectivity index (χ4v) is 3.67. The molecular formula is C17H18Cl2N2O4S. The quantitative estimate of drug-likeness (QED) is 0.674. The second-order valence-electron chi connectivity index (χ2n) is 5.55. The normalized spacial score (nSPS) is 11.5. The summed E-state index contributed by atoms with van der Waals surface area (Å²) in [7, 11) is 0.339. The highest BCUT2D eigenvalue weighted by Gasteiger charge is 2.26. The van der Waals surface area contributed by atoms with Gasteiger partial charge in [0, 0.05) is 14.1 Å². The monoisotopic (exact) mass is 416 g/mol. The number of carbonyl (C=O) groups excluding carboxylic acids is 1. The molecule has 0 bridgehead atoms. The summed E-state index contributed by atoms with van der Waals surface area (Å²) in [6.07, 6.45) is 0. The van der Waals surface area contributed by atoms with Crippen molar-refractivity contribution >= 4 is 45.1 Å². The van der Waals surface area contributed by atoms with Crippen LogP contribution in [0.4, 0.5) is 5.69 Å². The summed E-state index contributed by atoms with van der Waals surface area (Å²) in [6, 6.07) is 11.1. The number of ether oxygens (including phenoxy) is 1. The summed E-state index contributed by atoms with van der Waals surface area (Å²) >= 11 is 12.2. The first-order valence-corrected chi connectivity index (χ1v) is 9.65. The number of benzene rings is 2. The second-order valence-corrected chi connectivity index (χ2v) is 8.40. The zero-order valence-electron chi connectivity index (χ0n) is 14.4. The lowest BCUT2D eigenvalue weighted by Crippen LogP contribution is -2.39. The molecule has 0 saturated heterocycles. The number of hydrogen-bond acceptors (Lipinski definition) is 4. The molecule has 0 N–H and O–H groups in total. The fraction of sp³-hybridized carbons (Fsp3) is 0.235. The predicted molar refractivity (Wildman–Crippen MR) is 103 cm³/mol. The number of esters is 1. The van der Waals surface area contributed by atoms with Gasteiger partial charge in [-0.1, -0.05) is 35.3 Å². The van der Waals surface area contributed by atoms with Gasteiger partial charge < -0.3 is 4.74 Å². The first kappa shape index (κ1) is 20.5. The number of halogens is 2. The van der Waals surface area contributed by atoms with Crippen LogP contribution in [-0.2, 0) is 21.5 Å². The van der Waals surface area contributed by atoms with E-state index < -0.39 is 16.2 Å². The van der Waals surface area contributed by atoms with Gasteiger partial charge in [0.05, 0.1) is 35.0 Å². The number of hydrogen-bond donors (Lipinski definition) is 0. The molecule has 0 atom stereocenters. The Morgan fingerprint density at radius 2 is 1.69 bits per heavy atom. The lowest BCUT2D eigenvalue weighted by atomic mass is 10.2. The van der Waals surface area contributed by atoms with Crippen molar-refractivity contribution in [1.29, 1.82) is 0 Å². The molecule has 0 aromatic heterocycles. The van der Waals surface area contributed by atoms with Crippen molar-refractivity contribution in [3.63, 3.8) is 0 Å². The van der Waals surface area contributed by atoms with Gasteiger partial charge in [-0.2, -0.15) is 12.7 Å². The molecular weight excluding hydrogens is 399 g/mol. The molecule has 0 spiro atoms. The molecule has 6 nitrogen and oxygen atoms in total. The summed E-state index contributed by atoms with van der Waals surface area (Å²) in [5.41, 5.74) is 1.25. The van der Waals surface area contributed by atoms with E-state index in [9.17, 15) is 13.2 Å². The van der Waals surface area contributed by atoms with Crippen molar-refractivity contribution in [2.45, 2.75) is 6.54 Å². The standard InChI is InChI=1S/C17H18Cl2N2O4S/c1-20(2)26(23,24)21(11-13-5-4-6-15(18)16(13)19)14-9-7-12(8-10-14)17(22)25-3/h4-10H,11H2,1-3H3. The average Bonchev–Trinajstić information content (AvgIpc) is 2.62. The zero-order valence-corrected chi connectivity index (χ0v) is 16.8. The van der Waals surface area contributed by atoms with Crippen molar-refractivity contribution in [3.8, 4) is 0 Å². The van der Waals surface area contributed by atoms with E-state index in [4.69, 9.17) is 23.2 Å². The van der Waals surface area contributed by atoms with E-state index in [0.29, 0.717) is 26.9 Å². The number of carbonyl (C=O) groups is 1. The lowest BCUT2D eigenvalue weighted by Gasteiger charge is -2.28. The number of nitrogens with zero attached hydrogens (tertiary/aromatic N) is 2. The summed E-state index contributed by atoms with van der Waals surface area (Å²) in [6.45, 7) is -0.0164. The van der Waals surface area contributed by atoms with Crippen LogP contribution in [0.1, 0.15) is 15.9 Å². The van der Waals surface area contributed by atoms with Crippen LogP contribution in [0.3, 0.4) is 0 Å². The fourth-order valence-electron chi connectivity index (χ4n) is 2.21. The number of methoxy groups -OCH3 is 1. The Morgan fingerprint density at radius 1 is 1.08 bits per heavy atom. The van der Waals surface area contributed by atoms with E-state index in [1.54, 1.807) is 18.2 Å². The molecule has 26 heavy (non-hydrogen) atoms. The van der Waals surface area contributed by atoms with Crippen LogP contribution in [0, 0.1) is 0 Å². The van der Waals surface area contributed by atoms with E-state index in [1.165, 1.54) is 49.8 Å². The van der Waals surface area contributed by atoms with Gasteiger partial charge in [-0.3, -0.25) is 4.31 Å². The van der Waals surface area contributed by atoms with Gasteiger partial charge in [0.1, 0.15) is 0 Å². The largest absolute Gasteiger partial charge is 0.465 e. The zero-order chi connectivity index (χ0) is 19.5. The molecule has 0 aliphatic rings. The van der Waals surface area contributed by atoms with E-state index >= 15 is 0 Å². The van der Waals surface area contributed by atoms with Crippen LogP contribution in [0.5, 0.6) is 0 Å². The van der Waals surface area contributed by atoms with Crippen molar-refractivity contribution in [3.05, 3.63) is 63.6 Å². The number of rotatable bonds is 6. The third kappa shape index (κ3) is 4.29. The molecule has 140 valence electrons. The lowest BCUT2D eigenvalue weighted by molar-refractivity contribution is 0.0601. The van der Waals surface area contributed by atoms with Gasteiger partial charge in [-0.15, -0.1) is 0 Å². The van der Waals surface area contributed by atoms with E-state index in [-0.39, 0.29) is 6.54 Å². The van der Waals surface area contributed by atoms with Crippen molar-refractivity contribution in [2.75, 3.05) is 25.5 Å². The first-order valence-electron chi connectivity index (χ1n) is 7.50. The predicted octanol–water partition coefficient (Wildman–Crippen LogP) is 3.59.